The molecule has 0 spiro atoms. The summed E-state index contributed by atoms with van der Waals surface area (Å²) in [7, 11) is 6.27. The van der Waals surface area contributed by atoms with Crippen LogP contribution < -0.4 is 24.8 Å². The Morgan fingerprint density at radius 1 is 1.16 bits per heavy atom. The second-order valence-electron chi connectivity index (χ2n) is 5.75. The zero-order chi connectivity index (χ0) is 17.0. The van der Waals surface area contributed by atoms with E-state index in [1.165, 1.54) is 38.0 Å². The number of fused-ring (bicyclic) bond motifs is 2. The second-order valence-corrected chi connectivity index (χ2v) is 6.60. The first-order chi connectivity index (χ1) is 11.0. The molecule has 1 aromatic carbocycles. The van der Waals surface area contributed by atoms with Crippen molar-refractivity contribution in [2.24, 2.45) is 0 Å². The van der Waals surface area contributed by atoms with Gasteiger partial charge in [-0.25, -0.2) is 0 Å². The van der Waals surface area contributed by atoms with Crippen LogP contribution in [0.3, 0.4) is 0 Å². The van der Waals surface area contributed by atoms with Gasteiger partial charge >= 0.3 is 31.5 Å². The van der Waals surface area contributed by atoms with Crippen LogP contribution in [0.1, 0.15) is 25.0 Å². The van der Waals surface area contributed by atoms with Crippen molar-refractivity contribution in [2.45, 2.75) is 20.3 Å². The molecule has 0 saturated heterocycles. The van der Waals surface area contributed by atoms with Gasteiger partial charge in [0.25, 0.3) is 0 Å². The van der Waals surface area contributed by atoms with Crippen LogP contribution in [0, 0.1) is 12.1 Å². The van der Waals surface area contributed by atoms with E-state index in [1.807, 2.05) is 12.1 Å². The maximum atomic E-state index is 4.17. The molecule has 0 fully saturated rings. The number of benzene rings is 1. The fraction of sp³-hybridized carbons (Fsp3) is 0.263. The summed E-state index contributed by atoms with van der Waals surface area (Å²) in [5.41, 5.74) is 7.99. The van der Waals surface area contributed by atoms with Crippen LogP contribution >= 0.6 is 24.8 Å². The molecule has 0 saturated carbocycles. The topological polar surface area (TPSA) is 3.24 Å². The van der Waals surface area contributed by atoms with Gasteiger partial charge in [0, 0.05) is 0 Å². The van der Waals surface area contributed by atoms with Gasteiger partial charge in [0.15, 0.2) is 0 Å². The van der Waals surface area contributed by atoms with Crippen molar-refractivity contribution in [1.29, 1.82) is 0 Å². The summed E-state index contributed by atoms with van der Waals surface area (Å²) in [5.74, 6) is 0. The molecule has 4 rings (SSSR count). The Balaban J connectivity index is 0.000000392. The van der Waals surface area contributed by atoms with Crippen LogP contribution in [-0.2, 0) is 29.1 Å². The van der Waals surface area contributed by atoms with Gasteiger partial charge in [-0.3, -0.25) is 0 Å². The summed E-state index contributed by atoms with van der Waals surface area (Å²) in [6.45, 7) is 5.22. The number of hydrogen-bond donors (Lipinski definition) is 0. The number of allylic oxidation sites excluding steroid dienone is 4. The zero-order valence-corrected chi connectivity index (χ0v) is 20.7. The average Bonchev–Trinajstić information content (AvgIpc) is 3.19. The molecule has 0 bridgehead atoms. The molecular weight excluding hydrogens is 516 g/mol. The van der Waals surface area contributed by atoms with Crippen LogP contribution in [0.25, 0.3) is 6.08 Å². The molecule has 25 heavy (non-hydrogen) atoms. The zero-order valence-electron chi connectivity index (χ0n) is 14.3. The summed E-state index contributed by atoms with van der Waals surface area (Å²) >= 11 is 4.65. The molecule has 1 nitrogen and oxygen atoms in total. The molecule has 0 unspecified atom stereocenters. The maximum absolute atomic E-state index is 4.17. The van der Waals surface area contributed by atoms with Gasteiger partial charge in [-0.1, -0.05) is 39.9 Å². The Morgan fingerprint density at radius 2 is 1.84 bits per heavy atom. The molecule has 2 aliphatic carbocycles. The van der Waals surface area contributed by atoms with Crippen molar-refractivity contribution in [1.82, 2.24) is 4.90 Å². The van der Waals surface area contributed by atoms with Gasteiger partial charge in [-0.05, 0) is 20.0 Å². The molecule has 0 radical (unpaired) electrons. The van der Waals surface area contributed by atoms with Gasteiger partial charge in [-0.15, -0.1) is 52.6 Å². The second kappa shape index (κ2) is 11.8. The Labute approximate surface area is 190 Å². The average molecular weight is 534 g/mol. The van der Waals surface area contributed by atoms with E-state index < -0.39 is 0 Å². The summed E-state index contributed by atoms with van der Waals surface area (Å²) in [6, 6.07) is 7.22. The fourth-order valence-corrected chi connectivity index (χ4v) is 3.27. The molecule has 0 amide bonds. The van der Waals surface area contributed by atoms with Crippen molar-refractivity contribution in [2.75, 3.05) is 13.6 Å². The molecule has 0 aromatic heterocycles. The third-order valence-electron chi connectivity index (χ3n) is 3.86. The number of nitrogens with zero attached hydrogens (tertiary/aromatic N) is 1. The van der Waals surface area contributed by atoms with Crippen LogP contribution in [0.5, 0.6) is 0 Å². The summed E-state index contributed by atoms with van der Waals surface area (Å²) in [6.07, 6.45) is 11.0. The number of halogens is 3. The van der Waals surface area contributed by atoms with E-state index in [2.05, 4.69) is 81.0 Å². The van der Waals surface area contributed by atoms with Crippen molar-refractivity contribution < 1.29 is 47.5 Å². The fourth-order valence-electron chi connectivity index (χ4n) is 2.79. The molecule has 1 aromatic rings. The quantitative estimate of drug-likeness (QED) is 0.408. The minimum atomic E-state index is 0. The summed E-state index contributed by atoms with van der Waals surface area (Å²) < 4.78 is 1.21. The van der Waals surface area contributed by atoms with E-state index in [-0.39, 0.29) is 24.8 Å². The molecular formula is C19H18BrCl2NSZr-2. The standard InChI is InChI=1S/C10H8Br.C9H10N.2ClH.S.Zr/c1-7-5-8-3-2-4-10(11)9(8)6-7;1-7-5-8-3-4-10(2)9(8)6-7;;;;/h2,4-5H,6H2,1H3;5-6H,4H2,1-2H3;2*1H;;/q2*-1;;;;+2/p-2. The van der Waals surface area contributed by atoms with Crippen LogP contribution in [0.4, 0.5) is 0 Å². The van der Waals surface area contributed by atoms with E-state index in [4.69, 9.17) is 0 Å². The van der Waals surface area contributed by atoms with Gasteiger partial charge in [0.1, 0.15) is 0 Å². The van der Waals surface area contributed by atoms with E-state index in [9.17, 15) is 0 Å². The molecule has 1 aliphatic heterocycles. The monoisotopic (exact) mass is 531 g/mol. The summed E-state index contributed by atoms with van der Waals surface area (Å²) in [5, 5.41) is 0. The third-order valence-corrected chi connectivity index (χ3v) is 4.60. The number of likely N-dealkylation sites (N-methyl/N-ethyl adjacent to an activating group) is 1. The van der Waals surface area contributed by atoms with Crippen molar-refractivity contribution in [3.05, 3.63) is 74.4 Å². The van der Waals surface area contributed by atoms with E-state index in [1.54, 1.807) is 0 Å². The molecule has 6 heteroatoms. The molecule has 0 N–H and O–H groups in total. The van der Waals surface area contributed by atoms with Gasteiger partial charge in [0.05, 0.1) is 0 Å². The Morgan fingerprint density at radius 3 is 2.44 bits per heavy atom. The number of hydrogen-bond acceptors (Lipinski definition) is 2. The van der Waals surface area contributed by atoms with E-state index >= 15 is 0 Å². The van der Waals surface area contributed by atoms with Crippen LogP contribution in [0.15, 0.2) is 51.2 Å². The van der Waals surface area contributed by atoms with Crippen molar-refractivity contribution in [3.8, 4) is 0 Å². The predicted molar refractivity (Wildman–Crippen MR) is 99.2 cm³/mol. The van der Waals surface area contributed by atoms with E-state index in [0.29, 0.717) is 0 Å². The SMILES string of the molecule is CC1=CC2=[C-]CN(C)C2=C1.CC1=Cc2[c-]ccc(Br)c2C1.[Cl-].[Cl-].[S]=[Zr+2]. The first kappa shape index (κ1) is 25.1. The van der Waals surface area contributed by atoms with Crippen molar-refractivity contribution in [3.63, 3.8) is 0 Å². The van der Waals surface area contributed by atoms with Gasteiger partial charge < -0.3 is 29.7 Å². The van der Waals surface area contributed by atoms with Crippen LogP contribution in [0.2, 0.25) is 0 Å². The van der Waals surface area contributed by atoms with Gasteiger partial charge in [-0.2, -0.15) is 17.7 Å². The molecule has 132 valence electrons. The van der Waals surface area contributed by atoms with Crippen molar-refractivity contribution >= 4 is 30.9 Å². The van der Waals surface area contributed by atoms with Gasteiger partial charge in [0.2, 0.25) is 0 Å². The third kappa shape index (κ3) is 6.36. The molecule has 1 heterocycles. The number of rotatable bonds is 0. The molecule has 3 aliphatic rings. The Hall–Kier alpha value is 0.143. The minimum absolute atomic E-state index is 0. The Bertz CT molecular complexity index is 741. The predicted octanol–water partition coefficient (Wildman–Crippen LogP) is -0.632. The van der Waals surface area contributed by atoms with E-state index in [0.717, 1.165) is 35.6 Å². The first-order valence-corrected chi connectivity index (χ1v) is 11.5. The normalized spacial score (nSPS) is 15.5. The van der Waals surface area contributed by atoms with Crippen LogP contribution in [-0.4, -0.2) is 18.5 Å². The summed E-state index contributed by atoms with van der Waals surface area (Å²) in [4.78, 5) is 2.21. The Kier molecular flexibility index (Phi) is 11.8. The molecule has 0 atom stereocenters. The first-order valence-electron chi connectivity index (χ1n) is 7.33.